The van der Waals surface area contributed by atoms with Gasteiger partial charge < -0.3 is 14.6 Å². The Hall–Kier alpha value is -0.510. The number of methoxy groups -OCH3 is 2. The molecule has 0 saturated heterocycles. The zero-order valence-corrected chi connectivity index (χ0v) is 14.3. The maximum atomic E-state index is 12.8. The Labute approximate surface area is 130 Å². The van der Waals surface area contributed by atoms with Crippen LogP contribution in [-0.2, 0) is 26.1 Å². The number of hydrogen-bond acceptors (Lipinski definition) is 6. The fraction of sp³-hybridized carbons (Fsp3) is 0.692. The lowest BCUT2D eigenvalue weighted by atomic mass is 10.3. The highest BCUT2D eigenvalue weighted by atomic mass is 32.2. The van der Waals surface area contributed by atoms with Crippen LogP contribution in [0.1, 0.15) is 16.9 Å². The highest BCUT2D eigenvalue weighted by molar-refractivity contribution is 7.89. The number of nitrogens with zero attached hydrogens (tertiary/aromatic N) is 1. The van der Waals surface area contributed by atoms with Crippen LogP contribution in [0.5, 0.6) is 0 Å². The van der Waals surface area contributed by atoms with Crippen molar-refractivity contribution in [2.45, 2.75) is 24.8 Å². The summed E-state index contributed by atoms with van der Waals surface area (Å²) in [4.78, 5) is 0.699. The summed E-state index contributed by atoms with van der Waals surface area (Å²) in [5, 5.41) is 11.1. The second-order valence-electron chi connectivity index (χ2n) is 4.57. The first-order chi connectivity index (χ1) is 9.98. The minimum atomic E-state index is -3.64. The number of rotatable bonds is 10. The average molecular weight is 337 g/mol. The first-order valence-electron chi connectivity index (χ1n) is 6.64. The van der Waals surface area contributed by atoms with Gasteiger partial charge in [-0.25, -0.2) is 8.42 Å². The lowest BCUT2D eigenvalue weighted by molar-refractivity contribution is 0.164. The van der Waals surface area contributed by atoms with E-state index in [2.05, 4.69) is 0 Å². The molecular formula is C13H23NO5S2. The molecule has 122 valence electrons. The largest absolute Gasteiger partial charge is 0.391 e. The summed E-state index contributed by atoms with van der Waals surface area (Å²) in [6.07, 6.45) is 0.608. The van der Waals surface area contributed by atoms with Gasteiger partial charge in [0.15, 0.2) is 0 Å². The highest BCUT2D eigenvalue weighted by Crippen LogP contribution is 2.29. The third-order valence-corrected chi connectivity index (χ3v) is 6.38. The molecule has 0 saturated carbocycles. The standard InChI is InChI=1S/C13H23NO5S2/c1-11-10-20-12(9-15)13(11)21(16,17)14(6-8-19-3)5-4-7-18-2/h10,15H,4-9H2,1-3H3. The number of sulfonamides is 1. The quantitative estimate of drug-likeness (QED) is 0.650. The van der Waals surface area contributed by atoms with Crippen LogP contribution in [0.4, 0.5) is 0 Å². The number of aliphatic hydroxyl groups excluding tert-OH is 1. The second kappa shape index (κ2) is 8.82. The molecule has 1 heterocycles. The van der Waals surface area contributed by atoms with E-state index in [1.54, 1.807) is 19.4 Å². The Morgan fingerprint density at radius 1 is 1.24 bits per heavy atom. The summed E-state index contributed by atoms with van der Waals surface area (Å²) in [5.74, 6) is 0. The zero-order valence-electron chi connectivity index (χ0n) is 12.7. The third-order valence-electron chi connectivity index (χ3n) is 3.03. The van der Waals surface area contributed by atoms with Crippen LogP contribution in [0.2, 0.25) is 0 Å². The lowest BCUT2D eigenvalue weighted by Crippen LogP contribution is -2.35. The summed E-state index contributed by atoms with van der Waals surface area (Å²) in [5.41, 5.74) is 0.665. The first-order valence-corrected chi connectivity index (χ1v) is 8.96. The van der Waals surface area contributed by atoms with Crippen LogP contribution in [0.15, 0.2) is 10.3 Å². The van der Waals surface area contributed by atoms with E-state index in [1.807, 2.05) is 0 Å². The molecule has 0 aliphatic heterocycles. The Morgan fingerprint density at radius 3 is 2.48 bits per heavy atom. The molecule has 0 atom stereocenters. The summed E-state index contributed by atoms with van der Waals surface area (Å²) < 4.78 is 37.0. The molecule has 6 nitrogen and oxygen atoms in total. The normalized spacial score (nSPS) is 12.2. The molecule has 0 aliphatic carbocycles. The maximum Gasteiger partial charge on any atom is 0.244 e. The van der Waals surface area contributed by atoms with Gasteiger partial charge in [0.2, 0.25) is 10.0 Å². The topological polar surface area (TPSA) is 76.1 Å². The average Bonchev–Trinajstić information content (AvgIpc) is 2.84. The number of thiophene rings is 1. The molecule has 1 N–H and O–H groups in total. The summed E-state index contributed by atoms with van der Waals surface area (Å²) in [6, 6.07) is 0. The fourth-order valence-corrected chi connectivity index (χ4v) is 5.08. The molecule has 1 rings (SSSR count). The van der Waals surface area contributed by atoms with Gasteiger partial charge in [-0.2, -0.15) is 4.31 Å². The molecule has 0 bridgehead atoms. The number of hydrogen-bond donors (Lipinski definition) is 1. The van der Waals surface area contributed by atoms with E-state index < -0.39 is 10.0 Å². The Morgan fingerprint density at radius 2 is 1.90 bits per heavy atom. The molecule has 0 aliphatic rings. The van der Waals surface area contributed by atoms with Gasteiger partial charge in [-0.1, -0.05) is 0 Å². The number of ether oxygens (including phenoxy) is 2. The molecule has 21 heavy (non-hydrogen) atoms. The van der Waals surface area contributed by atoms with E-state index in [0.29, 0.717) is 36.6 Å². The van der Waals surface area contributed by atoms with Crippen molar-refractivity contribution in [3.8, 4) is 0 Å². The van der Waals surface area contributed by atoms with Crippen molar-refractivity contribution in [2.75, 3.05) is 40.5 Å². The van der Waals surface area contributed by atoms with E-state index in [4.69, 9.17) is 9.47 Å². The van der Waals surface area contributed by atoms with Crippen molar-refractivity contribution in [1.29, 1.82) is 0 Å². The molecule has 0 fully saturated rings. The molecule has 0 spiro atoms. The summed E-state index contributed by atoms with van der Waals surface area (Å²) in [7, 11) is -0.515. The van der Waals surface area contributed by atoms with Crippen LogP contribution in [0, 0.1) is 6.92 Å². The van der Waals surface area contributed by atoms with Gasteiger partial charge in [-0.05, 0) is 24.3 Å². The number of aliphatic hydroxyl groups is 1. The van der Waals surface area contributed by atoms with Crippen LogP contribution < -0.4 is 0 Å². The van der Waals surface area contributed by atoms with Crippen LogP contribution >= 0.6 is 11.3 Å². The van der Waals surface area contributed by atoms with Gasteiger partial charge in [-0.15, -0.1) is 11.3 Å². The van der Waals surface area contributed by atoms with E-state index in [1.165, 1.54) is 22.8 Å². The molecule has 0 unspecified atom stereocenters. The monoisotopic (exact) mass is 337 g/mol. The van der Waals surface area contributed by atoms with Crippen molar-refractivity contribution in [3.63, 3.8) is 0 Å². The van der Waals surface area contributed by atoms with Crippen LogP contribution in [0.3, 0.4) is 0 Å². The van der Waals surface area contributed by atoms with Gasteiger partial charge in [0, 0.05) is 33.9 Å². The third kappa shape index (κ3) is 4.73. The van der Waals surface area contributed by atoms with Crippen molar-refractivity contribution in [2.24, 2.45) is 0 Å². The predicted molar refractivity (Wildman–Crippen MR) is 82.1 cm³/mol. The van der Waals surface area contributed by atoms with E-state index in [9.17, 15) is 13.5 Å². The molecule has 0 amide bonds. The van der Waals surface area contributed by atoms with Gasteiger partial charge >= 0.3 is 0 Å². The molecule has 0 aromatic carbocycles. The van der Waals surface area contributed by atoms with Crippen molar-refractivity contribution in [1.82, 2.24) is 4.31 Å². The minimum absolute atomic E-state index is 0.225. The van der Waals surface area contributed by atoms with Gasteiger partial charge in [0.25, 0.3) is 0 Å². The number of aryl methyl sites for hydroxylation is 1. The van der Waals surface area contributed by atoms with Crippen molar-refractivity contribution in [3.05, 3.63) is 15.8 Å². The highest BCUT2D eigenvalue weighted by Gasteiger charge is 2.29. The van der Waals surface area contributed by atoms with Gasteiger partial charge in [0.1, 0.15) is 4.90 Å². The Balaban J connectivity index is 3.04. The van der Waals surface area contributed by atoms with Gasteiger partial charge in [-0.3, -0.25) is 0 Å². The zero-order chi connectivity index (χ0) is 15.9. The molecule has 1 aromatic heterocycles. The Kier molecular flexibility index (Phi) is 7.78. The molecule has 0 radical (unpaired) electrons. The van der Waals surface area contributed by atoms with Crippen molar-refractivity contribution >= 4 is 21.4 Å². The predicted octanol–water partition coefficient (Wildman–Crippen LogP) is 1.22. The molecule has 8 heteroatoms. The maximum absolute atomic E-state index is 12.8. The van der Waals surface area contributed by atoms with Crippen LogP contribution in [-0.4, -0.2) is 58.4 Å². The van der Waals surface area contributed by atoms with E-state index in [-0.39, 0.29) is 18.0 Å². The Bertz CT molecular complexity index is 527. The fourth-order valence-electron chi connectivity index (χ4n) is 2.00. The lowest BCUT2D eigenvalue weighted by Gasteiger charge is -2.22. The second-order valence-corrected chi connectivity index (χ2v) is 7.41. The van der Waals surface area contributed by atoms with E-state index >= 15 is 0 Å². The SMILES string of the molecule is COCCCN(CCOC)S(=O)(=O)c1c(C)csc1CO. The summed E-state index contributed by atoms with van der Waals surface area (Å²) >= 11 is 1.26. The summed E-state index contributed by atoms with van der Waals surface area (Å²) in [6.45, 7) is 2.93. The molecule has 1 aromatic rings. The van der Waals surface area contributed by atoms with E-state index in [0.717, 1.165) is 0 Å². The smallest absolute Gasteiger partial charge is 0.244 e. The van der Waals surface area contributed by atoms with Gasteiger partial charge in [0.05, 0.1) is 18.1 Å². The minimum Gasteiger partial charge on any atom is -0.391 e. The first kappa shape index (κ1) is 18.5. The van der Waals surface area contributed by atoms with Crippen molar-refractivity contribution < 1.29 is 23.0 Å². The van der Waals surface area contributed by atoms with Crippen LogP contribution in [0.25, 0.3) is 0 Å². The molecular weight excluding hydrogens is 314 g/mol.